The van der Waals surface area contributed by atoms with Crippen LogP contribution >= 0.6 is 0 Å². The number of carbonyl (C=O) groups is 3. The van der Waals surface area contributed by atoms with Crippen LogP contribution in [-0.4, -0.2) is 162 Å². The summed E-state index contributed by atoms with van der Waals surface area (Å²) in [5.74, 6) is -4.68. The van der Waals surface area contributed by atoms with E-state index in [0.717, 1.165) is 16.5 Å². The molecule has 69 heavy (non-hydrogen) atoms. The number of methoxy groups -OCH3 is 2. The molecule has 0 unspecified atom stereocenters. The highest BCUT2D eigenvalue weighted by atomic mass is 16.7. The zero-order valence-electron chi connectivity index (χ0n) is 43.2. The van der Waals surface area contributed by atoms with E-state index in [1.807, 2.05) is 89.2 Å². The van der Waals surface area contributed by atoms with Gasteiger partial charge in [0.15, 0.2) is 18.7 Å². The Balaban J connectivity index is 1.46. The number of hydrogen-bond donors (Lipinski definition) is 4. The molecule has 3 aliphatic heterocycles. The molecule has 18 atom stereocenters. The third kappa shape index (κ3) is 13.3. The number of esters is 2. The van der Waals surface area contributed by atoms with Gasteiger partial charge in [0.05, 0.1) is 53.5 Å². The molecule has 1 aromatic carbocycles. The number of cyclic esters (lactones) is 1. The minimum absolute atomic E-state index is 0.0740. The van der Waals surface area contributed by atoms with Crippen LogP contribution in [-0.2, 0) is 52.3 Å². The van der Waals surface area contributed by atoms with Gasteiger partial charge < -0.3 is 63.4 Å². The summed E-state index contributed by atoms with van der Waals surface area (Å²) in [5, 5.41) is 39.1. The third-order valence-electron chi connectivity index (χ3n) is 14.8. The minimum atomic E-state index is -2.03. The van der Waals surface area contributed by atoms with Gasteiger partial charge in [-0.15, -0.1) is 0 Å². The van der Waals surface area contributed by atoms with Crippen molar-refractivity contribution >= 4 is 34.8 Å². The molecule has 4 heterocycles. The number of aromatic nitrogens is 1. The number of fused-ring (bicyclic) bond motifs is 1. The fourth-order valence-corrected chi connectivity index (χ4v) is 10.5. The van der Waals surface area contributed by atoms with Crippen LogP contribution in [0.25, 0.3) is 17.0 Å². The van der Waals surface area contributed by atoms with Gasteiger partial charge in [-0.3, -0.25) is 19.4 Å². The van der Waals surface area contributed by atoms with Crippen LogP contribution in [0.5, 0.6) is 0 Å². The number of aliphatic hydroxyl groups is 3. The van der Waals surface area contributed by atoms with Crippen molar-refractivity contribution in [2.75, 3.05) is 28.3 Å². The number of para-hydroxylation sites is 1. The molecule has 1 aromatic heterocycles. The summed E-state index contributed by atoms with van der Waals surface area (Å²) in [6.07, 6.45) is -3.01. The fourth-order valence-electron chi connectivity index (χ4n) is 10.5. The number of ether oxygens (including phenoxy) is 8. The van der Waals surface area contributed by atoms with Gasteiger partial charge in [0.25, 0.3) is 0 Å². The predicted molar refractivity (Wildman–Crippen MR) is 258 cm³/mol. The Morgan fingerprint density at radius 2 is 1.61 bits per heavy atom. The van der Waals surface area contributed by atoms with Crippen LogP contribution in [0, 0.1) is 17.8 Å². The van der Waals surface area contributed by atoms with E-state index >= 15 is 0 Å². The molecule has 1 amide bonds. The first-order valence-electron chi connectivity index (χ1n) is 24.6. The Hall–Kier alpha value is -3.62. The van der Waals surface area contributed by atoms with Crippen molar-refractivity contribution in [3.8, 4) is 0 Å². The molecule has 4 N–H and O–H groups in total. The number of nitrogens with zero attached hydrogens (tertiary/aromatic N) is 2. The number of pyridine rings is 1. The second kappa shape index (κ2) is 23.7. The van der Waals surface area contributed by atoms with E-state index in [-0.39, 0.29) is 37.8 Å². The van der Waals surface area contributed by atoms with Gasteiger partial charge in [0.1, 0.15) is 23.4 Å². The molecular weight excluding hydrogens is 891 g/mol. The molecule has 0 spiro atoms. The van der Waals surface area contributed by atoms with Gasteiger partial charge in [0, 0.05) is 56.6 Å². The topological polar surface area (TPSA) is 214 Å². The molecule has 0 bridgehead atoms. The molecule has 3 saturated heterocycles. The Morgan fingerprint density at radius 1 is 0.942 bits per heavy atom. The maximum Gasteiger partial charge on any atom is 0.311 e. The lowest BCUT2D eigenvalue weighted by molar-refractivity contribution is -0.320. The van der Waals surface area contributed by atoms with Gasteiger partial charge in [0.2, 0.25) is 5.91 Å². The number of nitrogens with one attached hydrogen (secondary N) is 1. The van der Waals surface area contributed by atoms with Gasteiger partial charge in [-0.1, -0.05) is 51.1 Å². The number of amides is 1. The van der Waals surface area contributed by atoms with Crippen molar-refractivity contribution < 1.29 is 67.6 Å². The predicted octanol–water partition coefficient (Wildman–Crippen LogP) is 5.33. The molecule has 0 saturated carbocycles. The Morgan fingerprint density at radius 3 is 2.26 bits per heavy atom. The summed E-state index contributed by atoms with van der Waals surface area (Å²) in [4.78, 5) is 48.1. The Kier molecular flexibility index (Phi) is 19.4. The van der Waals surface area contributed by atoms with Crippen molar-refractivity contribution in [1.29, 1.82) is 0 Å². The zero-order valence-corrected chi connectivity index (χ0v) is 43.2. The Labute approximate surface area is 408 Å². The van der Waals surface area contributed by atoms with E-state index in [4.69, 9.17) is 37.9 Å². The molecule has 2 aromatic rings. The van der Waals surface area contributed by atoms with Gasteiger partial charge in [-0.25, -0.2) is 0 Å². The van der Waals surface area contributed by atoms with E-state index in [1.54, 1.807) is 33.9 Å². The standard InChI is InChI=1S/C52H81N3O14/c1-15-39-52(10,61)44(58)33(6)47(59)54-29(2)26-50(8,62-13)45(69-49-42(57)38(55(11)12)24-30(3)64-49)31(4)43(32(5)48(60)66-39)68-41-27-51(9,63-14)46(34(7)65-41)67-40(56)23-19-16-20-35-25-36-21-17-18-22-37(36)53-28-35/h16-18,20-22,25,28-34,38-39,41-46,49,57-58,61H,15,19,23-24,26-27H2,1-14H3,(H,54,59)/b20-16+/t29-,30-,31+,32-,33-,34+,38+,39-,41+,42-,43+,44-,45-,46+,49+,50-,51-,52-/m1/s1. The number of allylic oxidation sites excluding steroid dienone is 1. The summed E-state index contributed by atoms with van der Waals surface area (Å²) in [7, 11) is 6.81. The molecule has 5 rings (SSSR count). The third-order valence-corrected chi connectivity index (χ3v) is 14.8. The molecule has 17 nitrogen and oxygen atoms in total. The van der Waals surface area contributed by atoms with Crippen molar-refractivity contribution in [2.24, 2.45) is 17.8 Å². The van der Waals surface area contributed by atoms with Crippen LogP contribution < -0.4 is 5.32 Å². The summed E-state index contributed by atoms with van der Waals surface area (Å²) in [6, 6.07) is 9.01. The van der Waals surface area contributed by atoms with Crippen LogP contribution in [0.3, 0.4) is 0 Å². The van der Waals surface area contributed by atoms with Crippen LogP contribution in [0.15, 0.2) is 42.6 Å². The highest BCUT2D eigenvalue weighted by Crippen LogP contribution is 2.41. The molecule has 3 aliphatic rings. The van der Waals surface area contributed by atoms with Gasteiger partial charge in [-0.2, -0.15) is 0 Å². The smallest absolute Gasteiger partial charge is 0.311 e. The van der Waals surface area contributed by atoms with Gasteiger partial charge >= 0.3 is 11.9 Å². The van der Waals surface area contributed by atoms with E-state index in [9.17, 15) is 29.7 Å². The summed E-state index contributed by atoms with van der Waals surface area (Å²) < 4.78 is 51.4. The van der Waals surface area contributed by atoms with Crippen molar-refractivity contribution in [1.82, 2.24) is 15.2 Å². The summed E-state index contributed by atoms with van der Waals surface area (Å²) in [5.41, 5.74) is -2.58. The van der Waals surface area contributed by atoms with Crippen molar-refractivity contribution in [2.45, 2.75) is 198 Å². The highest BCUT2D eigenvalue weighted by Gasteiger charge is 2.54. The number of benzene rings is 1. The lowest BCUT2D eigenvalue weighted by Gasteiger charge is -2.50. The van der Waals surface area contributed by atoms with Crippen molar-refractivity contribution in [3.63, 3.8) is 0 Å². The summed E-state index contributed by atoms with van der Waals surface area (Å²) >= 11 is 0. The first-order chi connectivity index (χ1) is 32.4. The monoisotopic (exact) mass is 972 g/mol. The van der Waals surface area contributed by atoms with Crippen LogP contribution in [0.1, 0.15) is 113 Å². The average molecular weight is 972 g/mol. The minimum Gasteiger partial charge on any atom is -0.459 e. The maximum absolute atomic E-state index is 14.6. The highest BCUT2D eigenvalue weighted by molar-refractivity contribution is 5.81. The SMILES string of the molecule is CC[C@H]1OC(=O)[C@H](C)[C@@H](O[C@H]2C[C@@](C)(OC)[C@@H](OC(=O)CC/C=C/c3cnc4ccccc4c3)[C@H](C)O2)[C@H](C)[C@@H](O[C@@H]2O[C@H](C)C[C@H](N(C)C)[C@H]2O)[C@](C)(OC)C[C@@H](C)NC(=O)[C@H](C)[C@@H](O)[C@]1(C)O. The van der Waals surface area contributed by atoms with Crippen LogP contribution in [0.2, 0.25) is 0 Å². The van der Waals surface area contributed by atoms with E-state index < -0.39 is 114 Å². The molecular formula is C52H81N3O14. The second-order valence-corrected chi connectivity index (χ2v) is 20.6. The molecule has 17 heteroatoms. The second-order valence-electron chi connectivity index (χ2n) is 20.6. The number of aliphatic hydroxyl groups excluding tert-OH is 2. The fraction of sp³-hybridized carbons (Fsp3) is 0.731. The van der Waals surface area contributed by atoms with Crippen LogP contribution in [0.4, 0.5) is 0 Å². The number of rotatable bonds is 13. The molecule has 0 radical (unpaired) electrons. The average Bonchev–Trinajstić information content (AvgIpc) is 3.30. The normalized spacial score (nSPS) is 39.9. The zero-order chi connectivity index (χ0) is 51.2. The van der Waals surface area contributed by atoms with Crippen molar-refractivity contribution in [3.05, 3.63) is 48.2 Å². The quantitative estimate of drug-likeness (QED) is 0.187. The Bertz CT molecular complexity index is 2050. The largest absolute Gasteiger partial charge is 0.459 e. The van der Waals surface area contributed by atoms with E-state index in [2.05, 4.69) is 10.3 Å². The van der Waals surface area contributed by atoms with Gasteiger partial charge in [-0.05, 0) is 106 Å². The number of likely N-dealkylation sites (N-methyl/N-ethyl adjacent to an activating group) is 1. The first-order valence-corrected chi connectivity index (χ1v) is 24.6. The molecule has 0 aliphatic carbocycles. The maximum atomic E-state index is 14.6. The number of carbonyl (C=O) groups excluding carboxylic acids is 3. The number of hydrogen-bond acceptors (Lipinski definition) is 16. The van der Waals surface area contributed by atoms with E-state index in [1.165, 1.54) is 28.1 Å². The lowest BCUT2D eigenvalue weighted by atomic mass is 9.78. The first kappa shape index (κ1) is 56.3. The lowest BCUT2D eigenvalue weighted by Crippen LogP contribution is -2.61. The molecule has 3 fully saturated rings. The molecule has 388 valence electrons. The summed E-state index contributed by atoms with van der Waals surface area (Å²) in [6.45, 7) is 17.2. The van der Waals surface area contributed by atoms with E-state index in [0.29, 0.717) is 12.8 Å².